The van der Waals surface area contributed by atoms with Crippen LogP contribution < -0.4 is 24.4 Å². The van der Waals surface area contributed by atoms with Crippen molar-refractivity contribution in [2.45, 2.75) is 26.8 Å². The summed E-state index contributed by atoms with van der Waals surface area (Å²) >= 11 is 11.0. The van der Waals surface area contributed by atoms with Crippen LogP contribution in [0.4, 0.5) is 0 Å². The Kier molecular flexibility index (Phi) is 9.66. The Balaban J connectivity index is 1.68. The molecule has 0 N–H and O–H groups in total. The maximum Gasteiger partial charge on any atom is 0.338 e. The van der Waals surface area contributed by atoms with E-state index in [1.54, 1.807) is 62.4 Å². The average Bonchev–Trinajstić information content (AvgIpc) is 3.60. The van der Waals surface area contributed by atoms with E-state index < -0.39 is 23.5 Å². The maximum atomic E-state index is 14.1. The maximum absolute atomic E-state index is 14.1. The summed E-state index contributed by atoms with van der Waals surface area (Å²) in [5.74, 6) is 0.528. The number of ether oxygens (including phenoxy) is 4. The van der Waals surface area contributed by atoms with Crippen LogP contribution in [0.3, 0.4) is 0 Å². The highest BCUT2D eigenvalue weighted by Gasteiger charge is 2.35. The molecule has 0 radical (unpaired) electrons. The Morgan fingerprint density at radius 2 is 1.87 bits per heavy atom. The van der Waals surface area contributed by atoms with Crippen LogP contribution in [0.15, 0.2) is 72.4 Å². The monoisotopic (exact) mass is 714 g/mol. The number of allylic oxidation sites excluding steroid dienone is 1. The number of methoxy groups -OCH3 is 2. The smallest absolute Gasteiger partial charge is 0.338 e. The van der Waals surface area contributed by atoms with E-state index in [0.29, 0.717) is 65.3 Å². The Labute approximate surface area is 275 Å². The molecule has 5 rings (SSSR count). The van der Waals surface area contributed by atoms with E-state index in [9.17, 15) is 14.4 Å². The highest BCUT2D eigenvalue weighted by atomic mass is 79.9. The molecule has 1 aliphatic rings. The molecule has 0 amide bonds. The van der Waals surface area contributed by atoms with Gasteiger partial charge in [-0.2, -0.15) is 0 Å². The standard InChI is InChI=1S/C32H28BrClN2O8S/c1-6-42-25-14-21(22(33)15-24(25)40-4)28-27(31(39)43-7-2)16(3)35-32-36(28)29(37)26(45-32)13-18-9-11-23(44-18)20-12-17(34)8-10-19(20)30(38)41-5/h8-15,28H,6-7H2,1-5H3/b26-13+/t28-/m0/s1. The number of nitrogens with zero attached hydrogens (tertiary/aromatic N) is 2. The first-order valence-electron chi connectivity index (χ1n) is 13.8. The number of carbonyl (C=O) groups is 2. The molecule has 234 valence electrons. The lowest BCUT2D eigenvalue weighted by atomic mass is 9.95. The first-order chi connectivity index (χ1) is 21.6. The van der Waals surface area contributed by atoms with Gasteiger partial charge in [0.2, 0.25) is 0 Å². The fourth-order valence-electron chi connectivity index (χ4n) is 4.99. The highest BCUT2D eigenvalue weighted by Crippen LogP contribution is 2.41. The first-order valence-corrected chi connectivity index (χ1v) is 15.8. The lowest BCUT2D eigenvalue weighted by Crippen LogP contribution is -2.40. The van der Waals surface area contributed by atoms with Gasteiger partial charge in [0.1, 0.15) is 11.5 Å². The van der Waals surface area contributed by atoms with Gasteiger partial charge in [-0.05, 0) is 68.8 Å². The van der Waals surface area contributed by atoms with Gasteiger partial charge in [0.05, 0.1) is 54.8 Å². The molecule has 45 heavy (non-hydrogen) atoms. The number of carbonyl (C=O) groups excluding carboxylic acids is 2. The van der Waals surface area contributed by atoms with Gasteiger partial charge >= 0.3 is 11.9 Å². The van der Waals surface area contributed by atoms with Gasteiger partial charge in [0.25, 0.3) is 5.56 Å². The van der Waals surface area contributed by atoms with Crippen LogP contribution in [-0.4, -0.2) is 43.9 Å². The Morgan fingerprint density at radius 1 is 1.09 bits per heavy atom. The van der Waals surface area contributed by atoms with Crippen molar-refractivity contribution in [3.8, 4) is 22.8 Å². The van der Waals surface area contributed by atoms with Crippen LogP contribution in [0.1, 0.15) is 48.5 Å². The third-order valence-corrected chi connectivity index (χ3v) is 8.85. The number of hydrogen-bond acceptors (Lipinski definition) is 10. The molecule has 3 heterocycles. The molecule has 0 bridgehead atoms. The quantitative estimate of drug-likeness (QED) is 0.204. The SMILES string of the molecule is CCOC(=O)C1=C(C)N=c2s/c(=C/c3ccc(-c4cc(Cl)ccc4C(=O)OC)o3)c(=O)n2[C@H]1c1cc(OCC)c(OC)cc1Br. The van der Waals surface area contributed by atoms with Crippen molar-refractivity contribution < 1.29 is 33.0 Å². The molecule has 1 aliphatic heterocycles. The fraction of sp³-hybridized carbons (Fsp3) is 0.250. The predicted octanol–water partition coefficient (Wildman–Crippen LogP) is 5.67. The number of furan rings is 1. The van der Waals surface area contributed by atoms with Gasteiger partial charge in [0.15, 0.2) is 16.3 Å². The van der Waals surface area contributed by atoms with Crippen molar-refractivity contribution in [2.24, 2.45) is 4.99 Å². The van der Waals surface area contributed by atoms with Gasteiger partial charge in [-0.3, -0.25) is 9.36 Å². The van der Waals surface area contributed by atoms with Gasteiger partial charge in [-0.1, -0.05) is 38.9 Å². The first kappa shape index (κ1) is 32.3. The van der Waals surface area contributed by atoms with Crippen molar-refractivity contribution >= 4 is 56.9 Å². The van der Waals surface area contributed by atoms with Crippen molar-refractivity contribution in [1.29, 1.82) is 0 Å². The molecular formula is C32H28BrClN2O8S. The molecule has 2 aromatic carbocycles. The number of fused-ring (bicyclic) bond motifs is 1. The Bertz CT molecular complexity index is 2030. The number of halogens is 2. The summed E-state index contributed by atoms with van der Waals surface area (Å²) in [6.07, 6.45) is 1.59. The summed E-state index contributed by atoms with van der Waals surface area (Å²) in [6.45, 7) is 5.79. The molecule has 0 unspecified atom stereocenters. The molecule has 1 atom stereocenters. The molecule has 4 aromatic rings. The molecule has 0 aliphatic carbocycles. The number of aromatic nitrogens is 1. The van der Waals surface area contributed by atoms with Gasteiger partial charge < -0.3 is 23.4 Å². The average molecular weight is 716 g/mol. The number of thiazole rings is 1. The Morgan fingerprint density at radius 3 is 2.56 bits per heavy atom. The van der Waals surface area contributed by atoms with Crippen LogP contribution in [0.25, 0.3) is 17.4 Å². The number of rotatable bonds is 9. The van der Waals surface area contributed by atoms with E-state index in [1.807, 2.05) is 6.92 Å². The van der Waals surface area contributed by atoms with Crippen LogP contribution >= 0.6 is 38.9 Å². The minimum Gasteiger partial charge on any atom is -0.493 e. The number of hydrogen-bond donors (Lipinski definition) is 0. The molecule has 13 heteroatoms. The molecule has 0 spiro atoms. The predicted molar refractivity (Wildman–Crippen MR) is 173 cm³/mol. The van der Waals surface area contributed by atoms with E-state index in [2.05, 4.69) is 20.9 Å². The molecule has 0 saturated heterocycles. The highest BCUT2D eigenvalue weighted by molar-refractivity contribution is 9.10. The van der Waals surface area contributed by atoms with Gasteiger partial charge in [-0.25, -0.2) is 14.6 Å². The van der Waals surface area contributed by atoms with Crippen molar-refractivity contribution in [2.75, 3.05) is 27.4 Å². The van der Waals surface area contributed by atoms with E-state index >= 15 is 0 Å². The summed E-state index contributed by atoms with van der Waals surface area (Å²) in [7, 11) is 2.82. The van der Waals surface area contributed by atoms with Crippen molar-refractivity contribution in [3.63, 3.8) is 0 Å². The fourth-order valence-corrected chi connectivity index (χ4v) is 6.72. The van der Waals surface area contributed by atoms with E-state index in [0.717, 1.165) is 11.3 Å². The third-order valence-electron chi connectivity index (χ3n) is 6.95. The van der Waals surface area contributed by atoms with E-state index in [4.69, 9.17) is 35.0 Å². The molecule has 10 nitrogen and oxygen atoms in total. The summed E-state index contributed by atoms with van der Waals surface area (Å²) in [4.78, 5) is 44.8. The van der Waals surface area contributed by atoms with Gasteiger partial charge in [0, 0.05) is 21.1 Å². The topological polar surface area (TPSA) is 119 Å². The second-order valence-electron chi connectivity index (χ2n) is 9.64. The molecule has 0 saturated carbocycles. The Hall–Kier alpha value is -4.13. The zero-order valence-corrected chi connectivity index (χ0v) is 28.1. The summed E-state index contributed by atoms with van der Waals surface area (Å²) < 4.78 is 30.0. The lowest BCUT2D eigenvalue weighted by molar-refractivity contribution is -0.139. The minimum atomic E-state index is -0.886. The zero-order chi connectivity index (χ0) is 32.4. The van der Waals surface area contributed by atoms with E-state index in [1.165, 1.54) is 18.8 Å². The molecular weight excluding hydrogens is 688 g/mol. The molecule has 2 aromatic heterocycles. The molecule has 0 fully saturated rings. The van der Waals surface area contributed by atoms with Crippen LogP contribution in [-0.2, 0) is 14.3 Å². The summed E-state index contributed by atoms with van der Waals surface area (Å²) in [5, 5.41) is 0.411. The van der Waals surface area contributed by atoms with Crippen molar-refractivity contribution in [3.05, 3.63) is 99.8 Å². The third kappa shape index (κ3) is 6.22. The summed E-state index contributed by atoms with van der Waals surface area (Å²) in [6, 6.07) is 10.7. The number of esters is 2. The largest absolute Gasteiger partial charge is 0.493 e. The second-order valence-corrected chi connectivity index (χ2v) is 11.9. The van der Waals surface area contributed by atoms with Crippen LogP contribution in [0.5, 0.6) is 11.5 Å². The van der Waals surface area contributed by atoms with Crippen LogP contribution in [0, 0.1) is 0 Å². The van der Waals surface area contributed by atoms with Crippen molar-refractivity contribution in [1.82, 2.24) is 4.57 Å². The van der Waals surface area contributed by atoms with Crippen LogP contribution in [0.2, 0.25) is 5.02 Å². The zero-order valence-electron chi connectivity index (χ0n) is 24.9. The normalized spacial score (nSPS) is 14.6. The number of benzene rings is 2. The minimum absolute atomic E-state index is 0.145. The van der Waals surface area contributed by atoms with Gasteiger partial charge in [-0.15, -0.1) is 0 Å². The summed E-state index contributed by atoms with van der Waals surface area (Å²) in [5.41, 5.74) is 1.56. The lowest BCUT2D eigenvalue weighted by Gasteiger charge is -2.26. The second kappa shape index (κ2) is 13.5. The van der Waals surface area contributed by atoms with E-state index in [-0.39, 0.29) is 17.7 Å².